The van der Waals surface area contributed by atoms with Gasteiger partial charge in [-0.3, -0.25) is 0 Å². The van der Waals surface area contributed by atoms with Crippen molar-refractivity contribution >= 4 is 0 Å². The Bertz CT molecular complexity index is 97.1. The van der Waals surface area contributed by atoms with Crippen molar-refractivity contribution in [3.05, 3.63) is 12.2 Å². The van der Waals surface area contributed by atoms with Crippen LogP contribution in [0.25, 0.3) is 0 Å². The summed E-state index contributed by atoms with van der Waals surface area (Å²) in [6, 6.07) is 0. The molecular formula is C5H6O2. The monoisotopic (exact) mass is 98.0 g/mol. The third-order valence-electron chi connectivity index (χ3n) is 0.365. The summed E-state index contributed by atoms with van der Waals surface area (Å²) in [5.74, 6) is 2.10. The summed E-state index contributed by atoms with van der Waals surface area (Å²) in [6.07, 6.45) is 5.62. The first-order valence-corrected chi connectivity index (χ1v) is 1.76. The van der Waals surface area contributed by atoms with Gasteiger partial charge in [0.05, 0.1) is 0 Å². The summed E-state index contributed by atoms with van der Waals surface area (Å²) in [5.41, 5.74) is 0. The van der Waals surface area contributed by atoms with Crippen LogP contribution >= 0.6 is 0 Å². The standard InChI is InChI=1S/C5H6O2/c1-2-3-4-5(6)7/h1,3-7H/b4-3+. The van der Waals surface area contributed by atoms with Gasteiger partial charge in [-0.25, -0.2) is 0 Å². The van der Waals surface area contributed by atoms with E-state index in [-0.39, 0.29) is 0 Å². The van der Waals surface area contributed by atoms with Gasteiger partial charge in [-0.05, 0) is 12.2 Å². The van der Waals surface area contributed by atoms with Crippen LogP contribution in [0.4, 0.5) is 0 Å². The van der Waals surface area contributed by atoms with Gasteiger partial charge < -0.3 is 10.2 Å². The van der Waals surface area contributed by atoms with Crippen LogP contribution in [0, 0.1) is 12.3 Å². The zero-order valence-corrected chi connectivity index (χ0v) is 3.70. The van der Waals surface area contributed by atoms with E-state index in [1.54, 1.807) is 0 Å². The van der Waals surface area contributed by atoms with Crippen LogP contribution in [0.3, 0.4) is 0 Å². The minimum absolute atomic E-state index is 1.10. The van der Waals surface area contributed by atoms with E-state index in [9.17, 15) is 0 Å². The molecule has 0 aromatic heterocycles. The average molecular weight is 98.1 g/mol. The van der Waals surface area contributed by atoms with Crippen molar-refractivity contribution in [2.75, 3.05) is 0 Å². The zero-order chi connectivity index (χ0) is 5.70. The molecule has 0 fully saturated rings. The van der Waals surface area contributed by atoms with Gasteiger partial charge in [0.15, 0.2) is 6.29 Å². The maximum atomic E-state index is 8.06. The van der Waals surface area contributed by atoms with Gasteiger partial charge in [0.1, 0.15) is 0 Å². The molecule has 2 nitrogen and oxygen atoms in total. The molecule has 0 aliphatic carbocycles. The van der Waals surface area contributed by atoms with Gasteiger partial charge in [0.2, 0.25) is 0 Å². The zero-order valence-electron chi connectivity index (χ0n) is 3.70. The van der Waals surface area contributed by atoms with E-state index in [0.29, 0.717) is 0 Å². The van der Waals surface area contributed by atoms with Crippen LogP contribution in [0.1, 0.15) is 0 Å². The minimum Gasteiger partial charge on any atom is -0.365 e. The number of hydrogen-bond acceptors (Lipinski definition) is 2. The van der Waals surface area contributed by atoms with Gasteiger partial charge in [0, 0.05) is 0 Å². The first-order chi connectivity index (χ1) is 3.27. The summed E-state index contributed by atoms with van der Waals surface area (Å²) in [4.78, 5) is 0. The van der Waals surface area contributed by atoms with Crippen molar-refractivity contribution in [3.8, 4) is 12.3 Å². The number of allylic oxidation sites excluding steroid dienone is 1. The highest BCUT2D eigenvalue weighted by Gasteiger charge is 1.80. The van der Waals surface area contributed by atoms with E-state index in [1.165, 1.54) is 6.08 Å². The smallest absolute Gasteiger partial charge is 0.172 e. The normalized spacial score (nSPS) is 10.0. The summed E-state index contributed by atoms with van der Waals surface area (Å²) >= 11 is 0. The van der Waals surface area contributed by atoms with E-state index >= 15 is 0 Å². The van der Waals surface area contributed by atoms with Crippen molar-refractivity contribution in [1.82, 2.24) is 0 Å². The lowest BCUT2D eigenvalue weighted by molar-refractivity contribution is 0.00242. The molecule has 0 bridgehead atoms. The molecule has 0 aliphatic rings. The maximum absolute atomic E-state index is 8.06. The van der Waals surface area contributed by atoms with Gasteiger partial charge in [-0.15, -0.1) is 6.42 Å². The van der Waals surface area contributed by atoms with Crippen LogP contribution in [-0.2, 0) is 0 Å². The molecule has 0 aromatic carbocycles. The second-order valence-corrected chi connectivity index (χ2v) is 0.939. The molecule has 0 heterocycles. The molecule has 0 saturated heterocycles. The number of terminal acetylenes is 1. The SMILES string of the molecule is C#C/C=C/C(O)O. The van der Waals surface area contributed by atoms with Crippen LogP contribution in [0.15, 0.2) is 12.2 Å². The van der Waals surface area contributed by atoms with Crippen molar-refractivity contribution < 1.29 is 10.2 Å². The van der Waals surface area contributed by atoms with Crippen molar-refractivity contribution in [2.45, 2.75) is 6.29 Å². The van der Waals surface area contributed by atoms with Crippen LogP contribution in [0.2, 0.25) is 0 Å². The minimum atomic E-state index is -1.42. The lowest BCUT2D eigenvalue weighted by Crippen LogP contribution is -1.96. The van der Waals surface area contributed by atoms with Gasteiger partial charge >= 0.3 is 0 Å². The second kappa shape index (κ2) is 3.41. The third-order valence-corrected chi connectivity index (χ3v) is 0.365. The van der Waals surface area contributed by atoms with E-state index in [0.717, 1.165) is 6.08 Å². The Labute approximate surface area is 42.1 Å². The van der Waals surface area contributed by atoms with Crippen LogP contribution in [-0.4, -0.2) is 16.5 Å². The third kappa shape index (κ3) is 5.22. The fourth-order valence-corrected chi connectivity index (χ4v) is 0.142. The Hall–Kier alpha value is -0.780. The lowest BCUT2D eigenvalue weighted by Gasteiger charge is -1.86. The van der Waals surface area contributed by atoms with E-state index in [2.05, 4.69) is 5.92 Å². The van der Waals surface area contributed by atoms with Gasteiger partial charge in [-0.2, -0.15) is 0 Å². The molecular weight excluding hydrogens is 92.1 g/mol. The largest absolute Gasteiger partial charge is 0.365 e. The molecule has 0 spiro atoms. The fourth-order valence-electron chi connectivity index (χ4n) is 0.142. The molecule has 0 aromatic rings. The molecule has 0 saturated carbocycles. The van der Waals surface area contributed by atoms with Crippen molar-refractivity contribution in [1.29, 1.82) is 0 Å². The predicted octanol–water partition coefficient (Wildman–Crippen LogP) is -0.514. The highest BCUT2D eigenvalue weighted by molar-refractivity contribution is 5.09. The Morgan fingerprint density at radius 3 is 2.29 bits per heavy atom. The molecule has 38 valence electrons. The molecule has 7 heavy (non-hydrogen) atoms. The molecule has 0 amide bonds. The summed E-state index contributed by atoms with van der Waals surface area (Å²) in [6.45, 7) is 0. The Kier molecular flexibility index (Phi) is 3.03. The molecule has 2 N–H and O–H groups in total. The predicted molar refractivity (Wildman–Crippen MR) is 26.2 cm³/mol. The van der Waals surface area contributed by atoms with Crippen LogP contribution < -0.4 is 0 Å². The Morgan fingerprint density at radius 1 is 1.57 bits per heavy atom. The Balaban J connectivity index is 3.31. The second-order valence-electron chi connectivity index (χ2n) is 0.939. The average Bonchev–Trinajstić information content (AvgIpc) is 1.61. The van der Waals surface area contributed by atoms with E-state index < -0.39 is 6.29 Å². The number of rotatable bonds is 1. The molecule has 0 aliphatic heterocycles. The molecule has 2 heteroatoms. The summed E-state index contributed by atoms with van der Waals surface area (Å²) < 4.78 is 0. The molecule has 0 unspecified atom stereocenters. The quantitative estimate of drug-likeness (QED) is 0.342. The fraction of sp³-hybridized carbons (Fsp3) is 0.200. The first kappa shape index (κ1) is 6.22. The van der Waals surface area contributed by atoms with E-state index in [1.807, 2.05) is 0 Å². The topological polar surface area (TPSA) is 40.5 Å². The van der Waals surface area contributed by atoms with Crippen LogP contribution in [0.5, 0.6) is 0 Å². The van der Waals surface area contributed by atoms with Crippen molar-refractivity contribution in [3.63, 3.8) is 0 Å². The highest BCUT2D eigenvalue weighted by atomic mass is 16.5. The maximum Gasteiger partial charge on any atom is 0.172 e. The van der Waals surface area contributed by atoms with Crippen molar-refractivity contribution in [2.24, 2.45) is 0 Å². The first-order valence-electron chi connectivity index (χ1n) is 1.76. The molecule has 0 atom stereocenters. The Morgan fingerprint density at radius 2 is 2.14 bits per heavy atom. The molecule has 0 radical (unpaired) electrons. The number of aliphatic hydroxyl groups excluding tert-OH is 1. The summed E-state index contributed by atoms with van der Waals surface area (Å²) in [7, 11) is 0. The van der Waals surface area contributed by atoms with Gasteiger partial charge in [0.25, 0.3) is 0 Å². The lowest BCUT2D eigenvalue weighted by atomic mass is 10.5. The number of hydrogen-bond donors (Lipinski definition) is 2. The van der Waals surface area contributed by atoms with E-state index in [4.69, 9.17) is 16.6 Å². The summed E-state index contributed by atoms with van der Waals surface area (Å²) in [5, 5.41) is 16.1. The molecule has 0 rings (SSSR count). The highest BCUT2D eigenvalue weighted by Crippen LogP contribution is 1.74. The van der Waals surface area contributed by atoms with Gasteiger partial charge in [-0.1, -0.05) is 5.92 Å². The number of aliphatic hydroxyl groups is 2.